The topological polar surface area (TPSA) is 208 Å². The second kappa shape index (κ2) is 18.0. The summed E-state index contributed by atoms with van der Waals surface area (Å²) in [7, 11) is -3.99. The average Bonchev–Trinajstić information content (AvgIpc) is 3.51. The Morgan fingerprint density at radius 2 is 1.48 bits per heavy atom. The molecule has 1 aliphatic rings. The van der Waals surface area contributed by atoms with Crippen LogP contribution in [0.25, 0.3) is 0 Å². The highest BCUT2D eigenvalue weighted by Gasteiger charge is 2.37. The largest absolute Gasteiger partial charge is 0.444 e. The zero-order chi connectivity index (χ0) is 35.2. The van der Waals surface area contributed by atoms with Crippen LogP contribution < -0.4 is 21.1 Å². The molecule has 0 radical (unpaired) electrons. The molecule has 262 valence electrons. The van der Waals surface area contributed by atoms with Crippen LogP contribution in [-0.4, -0.2) is 80.0 Å². The molecule has 0 bridgehead atoms. The summed E-state index contributed by atoms with van der Waals surface area (Å²) in [5.74, 6) is -1.33. The zero-order valence-electron chi connectivity index (χ0n) is 27.3. The number of ether oxygens (including phenoxy) is 3. The van der Waals surface area contributed by atoms with Gasteiger partial charge in [0.15, 0.2) is 0 Å². The van der Waals surface area contributed by atoms with Crippen LogP contribution in [0.3, 0.4) is 0 Å². The van der Waals surface area contributed by atoms with Crippen molar-refractivity contribution in [3.05, 3.63) is 71.8 Å². The summed E-state index contributed by atoms with van der Waals surface area (Å²) in [6.07, 6.45) is -1.09. The Hall–Kier alpha value is -4.70. The molecule has 2 aromatic carbocycles. The van der Waals surface area contributed by atoms with Gasteiger partial charge in [0.05, 0.1) is 5.75 Å². The Kier molecular flexibility index (Phi) is 14.2. The number of aliphatic imine (C=N–C) groups is 1. The van der Waals surface area contributed by atoms with Crippen molar-refractivity contribution in [1.29, 1.82) is 0 Å². The Morgan fingerprint density at radius 3 is 1.98 bits per heavy atom. The van der Waals surface area contributed by atoms with Gasteiger partial charge in [-0.3, -0.25) is 25.3 Å². The Morgan fingerprint density at radius 1 is 0.938 bits per heavy atom. The van der Waals surface area contributed by atoms with Crippen LogP contribution in [0.5, 0.6) is 0 Å². The van der Waals surface area contributed by atoms with Gasteiger partial charge in [0.2, 0.25) is 21.9 Å². The molecule has 2 aromatic rings. The van der Waals surface area contributed by atoms with E-state index in [0.29, 0.717) is 19.4 Å². The Labute approximate surface area is 280 Å². The summed E-state index contributed by atoms with van der Waals surface area (Å²) >= 11 is 0. The van der Waals surface area contributed by atoms with Crippen LogP contribution in [0, 0.1) is 0 Å². The molecule has 0 spiro atoms. The van der Waals surface area contributed by atoms with Gasteiger partial charge in [0, 0.05) is 19.1 Å². The predicted molar refractivity (Wildman–Crippen MR) is 177 cm³/mol. The standard InChI is InChI=1S/C32H44N6O9S/c1-32(2,3)47-31(42)38-19-11-17-26(38)27(39)35-25(22-48(33,43)44)16-10-18-34-28(36-29(40)45-20-23-12-6-4-7-13-23)37-30(41)46-21-24-14-8-5-9-15-24/h4-9,12-15,25-26H,10-11,16-22H2,1-3H3,(H,35,39)(H2,33,43,44)(H2,34,36,37,40,41)/t25-,26-/m0/s1. The number of nitrogens with two attached hydrogens (primary N) is 1. The first-order chi connectivity index (χ1) is 22.7. The van der Waals surface area contributed by atoms with Crippen molar-refractivity contribution in [3.63, 3.8) is 0 Å². The van der Waals surface area contributed by atoms with Gasteiger partial charge in [-0.1, -0.05) is 60.7 Å². The third-order valence-electron chi connectivity index (χ3n) is 6.81. The highest BCUT2D eigenvalue weighted by Crippen LogP contribution is 2.21. The lowest BCUT2D eigenvalue weighted by atomic mass is 10.1. The number of nitrogens with zero attached hydrogens (tertiary/aromatic N) is 2. The fourth-order valence-electron chi connectivity index (χ4n) is 4.70. The molecular formula is C32H44N6O9S. The van der Waals surface area contributed by atoms with E-state index in [9.17, 15) is 27.6 Å². The van der Waals surface area contributed by atoms with Gasteiger partial charge in [-0.25, -0.2) is 27.9 Å². The number of hydrogen-bond donors (Lipinski definition) is 4. The van der Waals surface area contributed by atoms with E-state index in [-0.39, 0.29) is 38.6 Å². The van der Waals surface area contributed by atoms with E-state index < -0.39 is 57.6 Å². The maximum Gasteiger partial charge on any atom is 0.414 e. The fraction of sp³-hybridized carbons (Fsp3) is 0.469. The van der Waals surface area contributed by atoms with Crippen LogP contribution in [0.1, 0.15) is 57.6 Å². The molecule has 0 aromatic heterocycles. The molecule has 1 aliphatic heterocycles. The highest BCUT2D eigenvalue weighted by molar-refractivity contribution is 7.89. The van der Waals surface area contributed by atoms with Crippen molar-refractivity contribution in [2.75, 3.05) is 18.8 Å². The van der Waals surface area contributed by atoms with Gasteiger partial charge in [-0.05, 0) is 57.6 Å². The van der Waals surface area contributed by atoms with E-state index >= 15 is 0 Å². The first-order valence-corrected chi connectivity index (χ1v) is 17.2. The number of amides is 4. The fourth-order valence-corrected chi connectivity index (χ4v) is 5.51. The number of alkyl carbamates (subject to hydrolysis) is 2. The van der Waals surface area contributed by atoms with E-state index in [2.05, 4.69) is 20.9 Å². The van der Waals surface area contributed by atoms with Crippen molar-refractivity contribution in [3.8, 4) is 0 Å². The van der Waals surface area contributed by atoms with Crippen LogP contribution in [0.4, 0.5) is 14.4 Å². The lowest BCUT2D eigenvalue weighted by Gasteiger charge is -2.29. The van der Waals surface area contributed by atoms with Gasteiger partial charge in [-0.15, -0.1) is 0 Å². The number of nitrogens with one attached hydrogen (secondary N) is 3. The Bertz CT molecular complexity index is 1460. The second-order valence-corrected chi connectivity index (χ2v) is 13.8. The third-order valence-corrected chi connectivity index (χ3v) is 7.68. The predicted octanol–water partition coefficient (Wildman–Crippen LogP) is 3.15. The van der Waals surface area contributed by atoms with Crippen molar-refractivity contribution < 1.29 is 41.8 Å². The van der Waals surface area contributed by atoms with Crippen molar-refractivity contribution >= 4 is 40.2 Å². The minimum atomic E-state index is -3.99. The lowest BCUT2D eigenvalue weighted by molar-refractivity contribution is -0.126. The number of sulfonamides is 1. The summed E-state index contributed by atoms with van der Waals surface area (Å²) in [6.45, 7) is 5.43. The van der Waals surface area contributed by atoms with E-state index in [0.717, 1.165) is 11.1 Å². The number of benzene rings is 2. The Balaban J connectivity index is 1.62. The molecule has 4 amide bonds. The van der Waals surface area contributed by atoms with Gasteiger partial charge in [-0.2, -0.15) is 0 Å². The number of primary sulfonamides is 1. The minimum Gasteiger partial charge on any atom is -0.444 e. The maximum atomic E-state index is 13.2. The molecule has 2 atom stereocenters. The second-order valence-electron chi connectivity index (χ2n) is 12.1. The molecular weight excluding hydrogens is 644 g/mol. The first-order valence-electron chi connectivity index (χ1n) is 15.5. The van der Waals surface area contributed by atoms with E-state index in [1.54, 1.807) is 69.3 Å². The monoisotopic (exact) mass is 688 g/mol. The van der Waals surface area contributed by atoms with Crippen LogP contribution >= 0.6 is 0 Å². The summed E-state index contributed by atoms with van der Waals surface area (Å²) in [6, 6.07) is 16.2. The smallest absolute Gasteiger partial charge is 0.414 e. The number of carbonyl (C=O) groups is 4. The summed E-state index contributed by atoms with van der Waals surface area (Å²) < 4.78 is 39.8. The average molecular weight is 689 g/mol. The summed E-state index contributed by atoms with van der Waals surface area (Å²) in [5.41, 5.74) is 0.740. The van der Waals surface area contributed by atoms with Gasteiger partial charge >= 0.3 is 18.3 Å². The number of carbonyl (C=O) groups excluding carboxylic acids is 4. The van der Waals surface area contributed by atoms with Crippen molar-refractivity contribution in [1.82, 2.24) is 20.9 Å². The van der Waals surface area contributed by atoms with Crippen molar-refractivity contribution in [2.24, 2.45) is 10.1 Å². The minimum absolute atomic E-state index is 0.00227. The van der Waals surface area contributed by atoms with Crippen LogP contribution in [0.15, 0.2) is 65.7 Å². The zero-order valence-corrected chi connectivity index (χ0v) is 28.2. The van der Waals surface area contributed by atoms with Gasteiger partial charge in [0.1, 0.15) is 24.9 Å². The third kappa shape index (κ3) is 14.4. The van der Waals surface area contributed by atoms with Crippen LogP contribution in [-0.2, 0) is 42.2 Å². The molecule has 0 aliphatic carbocycles. The number of likely N-dealkylation sites (tertiary alicyclic amines) is 1. The molecule has 1 saturated heterocycles. The number of guanidine groups is 1. The molecule has 5 N–H and O–H groups in total. The number of rotatable bonds is 12. The quantitative estimate of drug-likeness (QED) is 0.112. The van der Waals surface area contributed by atoms with Gasteiger partial charge < -0.3 is 19.5 Å². The molecule has 3 rings (SSSR count). The highest BCUT2D eigenvalue weighted by atomic mass is 32.2. The maximum absolute atomic E-state index is 13.2. The van der Waals surface area contributed by atoms with E-state index in [1.807, 2.05) is 12.1 Å². The van der Waals surface area contributed by atoms with Crippen LogP contribution in [0.2, 0.25) is 0 Å². The molecule has 48 heavy (non-hydrogen) atoms. The SMILES string of the molecule is CC(C)(C)OC(=O)N1CCC[C@H]1C(=O)N[C@@H](CCCN=C(NC(=O)OCc1ccccc1)NC(=O)OCc1ccccc1)CS(N)(=O)=O. The van der Waals surface area contributed by atoms with E-state index in [1.165, 1.54) is 4.90 Å². The molecule has 15 nitrogen and oxygen atoms in total. The lowest BCUT2D eigenvalue weighted by Crippen LogP contribution is -2.51. The molecule has 1 heterocycles. The van der Waals surface area contributed by atoms with E-state index in [4.69, 9.17) is 19.3 Å². The molecule has 0 saturated carbocycles. The summed E-state index contributed by atoms with van der Waals surface area (Å²) in [5, 5.41) is 12.8. The molecule has 16 heteroatoms. The normalized spacial score (nSPS) is 15.1. The van der Waals surface area contributed by atoms with Gasteiger partial charge in [0.25, 0.3) is 0 Å². The van der Waals surface area contributed by atoms with Crippen molar-refractivity contribution in [2.45, 2.75) is 77.4 Å². The summed E-state index contributed by atoms with van der Waals surface area (Å²) in [4.78, 5) is 56.4. The molecule has 0 unspecified atom stereocenters. The first kappa shape index (κ1) is 37.8. The number of hydrogen-bond acceptors (Lipinski definition) is 10. The molecule has 1 fully saturated rings.